The van der Waals surface area contributed by atoms with Gasteiger partial charge in [-0.15, -0.1) is 0 Å². The van der Waals surface area contributed by atoms with Gasteiger partial charge in [0.15, 0.2) is 5.78 Å². The van der Waals surface area contributed by atoms with E-state index < -0.39 is 0 Å². The van der Waals surface area contributed by atoms with Gasteiger partial charge < -0.3 is 15.0 Å². The predicted molar refractivity (Wildman–Crippen MR) is 97.5 cm³/mol. The normalized spacial score (nSPS) is 13.5. The van der Waals surface area contributed by atoms with Gasteiger partial charge in [-0.2, -0.15) is 0 Å². The monoisotopic (exact) mass is 347 g/mol. The van der Waals surface area contributed by atoms with Gasteiger partial charge in [-0.25, -0.2) is 0 Å². The van der Waals surface area contributed by atoms with Crippen molar-refractivity contribution in [2.45, 2.75) is 6.42 Å². The van der Waals surface area contributed by atoms with Crippen LogP contribution in [-0.4, -0.2) is 35.2 Å². The van der Waals surface area contributed by atoms with E-state index in [0.717, 1.165) is 22.2 Å². The third-order valence-electron chi connectivity index (χ3n) is 4.49. The summed E-state index contributed by atoms with van der Waals surface area (Å²) in [4.78, 5) is 31.9. The van der Waals surface area contributed by atoms with Gasteiger partial charge in [0, 0.05) is 35.9 Å². The van der Waals surface area contributed by atoms with Crippen molar-refractivity contribution in [1.82, 2.24) is 15.3 Å². The van der Waals surface area contributed by atoms with Gasteiger partial charge in [0.2, 0.25) is 5.78 Å². The number of nitrogens with one attached hydrogen (secondary N) is 2. The Balaban J connectivity index is 1.49. The Kier molecular flexibility index (Phi) is 4.01. The van der Waals surface area contributed by atoms with Crippen LogP contribution in [0.15, 0.2) is 54.5 Å². The number of ketones is 2. The van der Waals surface area contributed by atoms with E-state index in [1.165, 1.54) is 12.3 Å². The average molecular weight is 347 g/mol. The number of pyridine rings is 1. The van der Waals surface area contributed by atoms with Crippen LogP contribution in [0.2, 0.25) is 0 Å². The molecule has 130 valence electrons. The summed E-state index contributed by atoms with van der Waals surface area (Å²) in [5.74, 6) is 0.345. The minimum atomic E-state index is -0.249. The minimum absolute atomic E-state index is 0.202. The molecule has 6 nitrogen and oxygen atoms in total. The third kappa shape index (κ3) is 2.75. The molecule has 0 saturated carbocycles. The number of Topliss-reactive ketones (excluding diaryl/α,β-unsaturated/α-hetero) is 1. The van der Waals surface area contributed by atoms with Crippen molar-refractivity contribution < 1.29 is 14.3 Å². The van der Waals surface area contributed by atoms with Crippen LogP contribution in [0.3, 0.4) is 0 Å². The number of H-pyrrole nitrogens is 1. The second-order valence-corrected chi connectivity index (χ2v) is 6.05. The number of rotatable bonds is 5. The van der Waals surface area contributed by atoms with E-state index >= 15 is 0 Å². The van der Waals surface area contributed by atoms with Gasteiger partial charge in [0.1, 0.15) is 11.4 Å². The molecule has 0 radical (unpaired) electrons. The van der Waals surface area contributed by atoms with Crippen LogP contribution < -0.4 is 10.1 Å². The van der Waals surface area contributed by atoms with E-state index in [0.29, 0.717) is 24.2 Å². The molecule has 2 aromatic heterocycles. The fourth-order valence-electron chi connectivity index (χ4n) is 3.14. The van der Waals surface area contributed by atoms with Gasteiger partial charge in [-0.1, -0.05) is 0 Å². The van der Waals surface area contributed by atoms with Gasteiger partial charge in [-0.3, -0.25) is 14.6 Å². The lowest BCUT2D eigenvalue weighted by molar-refractivity contribution is 0.0974. The summed E-state index contributed by atoms with van der Waals surface area (Å²) in [6.07, 6.45) is 5.52. The lowest BCUT2D eigenvalue weighted by Gasteiger charge is -2.15. The molecular weight excluding hydrogens is 330 g/mol. The SMILES string of the molecule is COc1ccc2[nH]cc(CCNC3=CC(=O)c4cccnc4C3=O)c2c1. The Bertz CT molecular complexity index is 1050. The van der Waals surface area contributed by atoms with E-state index in [4.69, 9.17) is 4.74 Å². The van der Waals surface area contributed by atoms with Crippen molar-refractivity contribution in [1.29, 1.82) is 0 Å². The Morgan fingerprint density at radius 2 is 2.12 bits per heavy atom. The maximum atomic E-state index is 12.5. The first-order valence-electron chi connectivity index (χ1n) is 8.31. The van der Waals surface area contributed by atoms with Crippen molar-refractivity contribution in [3.63, 3.8) is 0 Å². The highest BCUT2D eigenvalue weighted by Crippen LogP contribution is 2.24. The summed E-state index contributed by atoms with van der Waals surface area (Å²) in [6.45, 7) is 0.525. The fourth-order valence-corrected chi connectivity index (χ4v) is 3.14. The summed E-state index contributed by atoms with van der Waals surface area (Å²) in [5.41, 5.74) is 2.99. The number of nitrogens with zero attached hydrogens (tertiary/aromatic N) is 1. The Morgan fingerprint density at radius 3 is 2.96 bits per heavy atom. The van der Waals surface area contributed by atoms with Crippen LogP contribution in [0.5, 0.6) is 5.75 Å². The molecule has 0 atom stereocenters. The van der Waals surface area contributed by atoms with Gasteiger partial charge >= 0.3 is 0 Å². The molecule has 2 N–H and O–H groups in total. The van der Waals surface area contributed by atoms with Crippen molar-refractivity contribution in [2.24, 2.45) is 0 Å². The van der Waals surface area contributed by atoms with Crippen LogP contribution in [0.25, 0.3) is 10.9 Å². The molecular formula is C20H17N3O3. The van der Waals surface area contributed by atoms with Crippen molar-refractivity contribution in [3.8, 4) is 5.75 Å². The smallest absolute Gasteiger partial charge is 0.228 e. The number of aromatic amines is 1. The molecule has 4 rings (SSSR count). The first-order valence-corrected chi connectivity index (χ1v) is 8.31. The summed E-state index contributed by atoms with van der Waals surface area (Å²) in [6, 6.07) is 9.13. The van der Waals surface area contributed by atoms with Crippen molar-refractivity contribution in [3.05, 3.63) is 71.3 Å². The molecule has 2 heterocycles. The maximum absolute atomic E-state index is 12.5. The van der Waals surface area contributed by atoms with Crippen LogP contribution in [0.4, 0.5) is 0 Å². The molecule has 1 aliphatic carbocycles. The minimum Gasteiger partial charge on any atom is -0.497 e. The molecule has 0 bridgehead atoms. The standard InChI is InChI=1S/C20H17N3O3/c1-26-13-4-5-16-15(9-13)12(11-23-16)6-8-21-17-10-18(24)14-3-2-7-22-19(14)20(17)25/h2-5,7,9-11,21,23H,6,8H2,1H3. The molecule has 0 fully saturated rings. The molecule has 0 amide bonds. The van der Waals surface area contributed by atoms with E-state index in [9.17, 15) is 9.59 Å². The largest absolute Gasteiger partial charge is 0.497 e. The Labute approximate surface area is 149 Å². The molecule has 6 heteroatoms. The lowest BCUT2D eigenvalue weighted by Crippen LogP contribution is -2.29. The molecule has 1 aliphatic rings. The summed E-state index contributed by atoms with van der Waals surface area (Å²) < 4.78 is 5.28. The van der Waals surface area contributed by atoms with Crippen LogP contribution in [-0.2, 0) is 6.42 Å². The topological polar surface area (TPSA) is 84.1 Å². The molecule has 0 aliphatic heterocycles. The first-order chi connectivity index (χ1) is 12.7. The number of aromatic nitrogens is 2. The first kappa shape index (κ1) is 16.1. The third-order valence-corrected chi connectivity index (χ3v) is 4.49. The number of benzene rings is 1. The zero-order valence-electron chi connectivity index (χ0n) is 14.2. The quantitative estimate of drug-likeness (QED) is 0.741. The zero-order valence-corrected chi connectivity index (χ0v) is 14.2. The molecule has 26 heavy (non-hydrogen) atoms. The van der Waals surface area contributed by atoms with E-state index in [2.05, 4.69) is 15.3 Å². The number of methoxy groups -OCH3 is 1. The van der Waals surface area contributed by atoms with Crippen LogP contribution >= 0.6 is 0 Å². The van der Waals surface area contributed by atoms with Gasteiger partial charge in [0.25, 0.3) is 0 Å². The second-order valence-electron chi connectivity index (χ2n) is 6.05. The number of ether oxygens (including phenoxy) is 1. The predicted octanol–water partition coefficient (Wildman–Crippen LogP) is 2.67. The van der Waals surface area contributed by atoms with Crippen molar-refractivity contribution >= 4 is 22.5 Å². The molecule has 0 unspecified atom stereocenters. The average Bonchev–Trinajstić information content (AvgIpc) is 3.08. The lowest BCUT2D eigenvalue weighted by atomic mass is 9.97. The number of hydrogen-bond donors (Lipinski definition) is 2. The highest BCUT2D eigenvalue weighted by atomic mass is 16.5. The van der Waals surface area contributed by atoms with Crippen LogP contribution in [0.1, 0.15) is 26.4 Å². The molecule has 0 spiro atoms. The second kappa shape index (κ2) is 6.48. The van der Waals surface area contributed by atoms with Gasteiger partial charge in [-0.05, 0) is 42.3 Å². The zero-order chi connectivity index (χ0) is 18.1. The number of allylic oxidation sites excluding steroid dienone is 2. The number of fused-ring (bicyclic) bond motifs is 2. The summed E-state index contributed by atoms with van der Waals surface area (Å²) in [5, 5.41) is 4.16. The van der Waals surface area contributed by atoms with Crippen LogP contribution in [0, 0.1) is 0 Å². The highest BCUT2D eigenvalue weighted by molar-refractivity contribution is 6.23. The summed E-state index contributed by atoms with van der Waals surface area (Å²) in [7, 11) is 1.64. The molecule has 3 aromatic rings. The number of hydrogen-bond acceptors (Lipinski definition) is 5. The van der Waals surface area contributed by atoms with Gasteiger partial charge in [0.05, 0.1) is 18.4 Å². The number of carbonyl (C=O) groups excluding carboxylic acids is 2. The van der Waals surface area contributed by atoms with E-state index in [1.54, 1.807) is 19.2 Å². The fraction of sp³-hybridized carbons (Fsp3) is 0.150. The van der Waals surface area contributed by atoms with E-state index in [1.807, 2.05) is 24.4 Å². The number of carbonyl (C=O) groups is 2. The Morgan fingerprint density at radius 1 is 1.23 bits per heavy atom. The molecule has 1 aromatic carbocycles. The Hall–Kier alpha value is -3.41. The van der Waals surface area contributed by atoms with Crippen molar-refractivity contribution in [2.75, 3.05) is 13.7 Å². The highest BCUT2D eigenvalue weighted by Gasteiger charge is 2.26. The summed E-state index contributed by atoms with van der Waals surface area (Å²) >= 11 is 0. The van der Waals surface area contributed by atoms with E-state index in [-0.39, 0.29) is 17.3 Å². The maximum Gasteiger partial charge on any atom is 0.228 e. The molecule has 0 saturated heterocycles.